The molecule has 3 N–H and O–H groups in total. The van der Waals surface area contributed by atoms with Crippen molar-refractivity contribution in [3.05, 3.63) is 40.7 Å². The van der Waals surface area contributed by atoms with Crippen molar-refractivity contribution in [1.29, 1.82) is 0 Å². The Kier molecular flexibility index (Phi) is 4.16. The third kappa shape index (κ3) is 3.54. The van der Waals surface area contributed by atoms with Gasteiger partial charge in [-0.3, -0.25) is 0 Å². The van der Waals surface area contributed by atoms with E-state index in [1.54, 1.807) is 0 Å². The molecule has 0 aliphatic carbocycles. The summed E-state index contributed by atoms with van der Waals surface area (Å²) >= 11 is 5.87. The van der Waals surface area contributed by atoms with Crippen LogP contribution in [0.3, 0.4) is 0 Å². The maximum Gasteiger partial charge on any atom is 0.228 e. The van der Waals surface area contributed by atoms with Crippen molar-refractivity contribution in [1.82, 2.24) is 15.0 Å². The van der Waals surface area contributed by atoms with Gasteiger partial charge in [-0.05, 0) is 24.6 Å². The van der Waals surface area contributed by atoms with Gasteiger partial charge in [-0.1, -0.05) is 30.7 Å². The first-order valence-electron chi connectivity index (χ1n) is 6.11. The van der Waals surface area contributed by atoms with Gasteiger partial charge in [0.05, 0.1) is 6.04 Å². The fraction of sp³-hybridized carbons (Fsp3) is 0.308. The Bertz CT molecular complexity index is 555. The third-order valence-electron chi connectivity index (χ3n) is 2.73. The Morgan fingerprint density at radius 3 is 2.53 bits per heavy atom. The molecule has 6 heteroatoms. The number of rotatable bonds is 4. The highest BCUT2D eigenvalue weighted by Gasteiger charge is 2.09. The lowest BCUT2D eigenvalue weighted by atomic mass is 10.1. The predicted octanol–water partition coefficient (Wildman–Crippen LogP) is 2.84. The van der Waals surface area contributed by atoms with Crippen LogP contribution in [0.1, 0.15) is 31.3 Å². The van der Waals surface area contributed by atoms with Crippen molar-refractivity contribution < 1.29 is 0 Å². The Balaban J connectivity index is 2.16. The molecule has 0 radical (unpaired) electrons. The molecule has 5 nitrogen and oxygen atoms in total. The number of benzene rings is 1. The Hall–Kier alpha value is -1.88. The van der Waals surface area contributed by atoms with E-state index in [4.69, 9.17) is 17.3 Å². The molecule has 0 spiro atoms. The molecule has 0 aliphatic heterocycles. The largest absolute Gasteiger partial charge is 0.368 e. The van der Waals surface area contributed by atoms with Crippen molar-refractivity contribution in [2.24, 2.45) is 0 Å². The van der Waals surface area contributed by atoms with Crippen LogP contribution in [0.2, 0.25) is 5.02 Å². The van der Waals surface area contributed by atoms with E-state index >= 15 is 0 Å². The lowest BCUT2D eigenvalue weighted by molar-refractivity contribution is 0.834. The minimum absolute atomic E-state index is 0.0590. The number of hydrogen-bond acceptors (Lipinski definition) is 5. The fourth-order valence-corrected chi connectivity index (χ4v) is 1.82. The van der Waals surface area contributed by atoms with Crippen molar-refractivity contribution in [3.8, 4) is 0 Å². The molecule has 0 aliphatic rings. The second kappa shape index (κ2) is 5.84. The molecule has 0 amide bonds. The van der Waals surface area contributed by atoms with Gasteiger partial charge in [0, 0.05) is 11.4 Å². The van der Waals surface area contributed by atoms with Crippen molar-refractivity contribution in [3.63, 3.8) is 0 Å². The molecule has 0 saturated carbocycles. The number of nitrogens with one attached hydrogen (secondary N) is 1. The van der Waals surface area contributed by atoms with E-state index in [0.717, 1.165) is 12.0 Å². The van der Waals surface area contributed by atoms with E-state index < -0.39 is 0 Å². The van der Waals surface area contributed by atoms with Crippen LogP contribution in [-0.4, -0.2) is 15.0 Å². The quantitative estimate of drug-likeness (QED) is 0.899. The second-order valence-corrected chi connectivity index (χ2v) is 4.64. The summed E-state index contributed by atoms with van der Waals surface area (Å²) in [6.07, 6.45) is 0.719. The van der Waals surface area contributed by atoms with Gasteiger partial charge in [-0.25, -0.2) is 0 Å². The second-order valence-electron chi connectivity index (χ2n) is 4.20. The normalized spacial score (nSPS) is 12.2. The first-order valence-corrected chi connectivity index (χ1v) is 6.48. The van der Waals surface area contributed by atoms with Crippen LogP contribution in [0.4, 0.5) is 11.9 Å². The number of nitrogen functional groups attached to an aromatic ring is 1. The van der Waals surface area contributed by atoms with Crippen molar-refractivity contribution >= 4 is 23.5 Å². The van der Waals surface area contributed by atoms with E-state index in [0.29, 0.717) is 16.8 Å². The summed E-state index contributed by atoms with van der Waals surface area (Å²) in [6, 6.07) is 7.70. The molecule has 1 atom stereocenters. The maximum absolute atomic E-state index is 5.87. The zero-order valence-electron chi connectivity index (χ0n) is 10.9. The zero-order chi connectivity index (χ0) is 13.8. The summed E-state index contributed by atoms with van der Waals surface area (Å²) in [4.78, 5) is 12.4. The lowest BCUT2D eigenvalue weighted by Gasteiger charge is -2.14. The minimum atomic E-state index is 0.0590. The Morgan fingerprint density at radius 1 is 1.21 bits per heavy atom. The van der Waals surface area contributed by atoms with Gasteiger partial charge in [0.25, 0.3) is 0 Å². The Labute approximate surface area is 117 Å². The van der Waals surface area contributed by atoms with Gasteiger partial charge < -0.3 is 11.1 Å². The van der Waals surface area contributed by atoms with E-state index in [2.05, 4.69) is 20.3 Å². The molecule has 0 saturated heterocycles. The standard InChI is InChI=1S/C13H16ClN5/c1-3-11-17-12(15)19-13(18-11)16-8(2)9-4-6-10(14)7-5-9/h4-8H,3H2,1-2H3,(H3,15,16,17,18,19). The first-order chi connectivity index (χ1) is 9.08. The molecular formula is C13H16ClN5. The van der Waals surface area contributed by atoms with Gasteiger partial charge in [-0.15, -0.1) is 0 Å². The highest BCUT2D eigenvalue weighted by molar-refractivity contribution is 6.30. The van der Waals surface area contributed by atoms with Crippen molar-refractivity contribution in [2.45, 2.75) is 26.3 Å². The van der Waals surface area contributed by atoms with Crippen LogP contribution < -0.4 is 11.1 Å². The SMILES string of the molecule is CCc1nc(N)nc(NC(C)c2ccc(Cl)cc2)n1. The van der Waals surface area contributed by atoms with E-state index in [-0.39, 0.29) is 12.0 Å². The van der Waals surface area contributed by atoms with Crippen LogP contribution in [0.15, 0.2) is 24.3 Å². The molecule has 1 aromatic heterocycles. The molecule has 0 fully saturated rings. The summed E-state index contributed by atoms with van der Waals surface area (Å²) in [7, 11) is 0. The van der Waals surface area contributed by atoms with Crippen LogP contribution in [0.25, 0.3) is 0 Å². The number of halogens is 1. The van der Waals surface area contributed by atoms with Gasteiger partial charge in [-0.2, -0.15) is 15.0 Å². The summed E-state index contributed by atoms with van der Waals surface area (Å²) in [5.41, 5.74) is 6.75. The molecular weight excluding hydrogens is 262 g/mol. The maximum atomic E-state index is 5.87. The average molecular weight is 278 g/mol. The predicted molar refractivity (Wildman–Crippen MR) is 77.1 cm³/mol. The van der Waals surface area contributed by atoms with Gasteiger partial charge in [0.2, 0.25) is 11.9 Å². The molecule has 1 heterocycles. The number of nitrogens with zero attached hydrogens (tertiary/aromatic N) is 3. The summed E-state index contributed by atoms with van der Waals surface area (Å²) in [5, 5.41) is 3.92. The van der Waals surface area contributed by atoms with E-state index in [9.17, 15) is 0 Å². The summed E-state index contributed by atoms with van der Waals surface area (Å²) in [6.45, 7) is 4.00. The molecule has 19 heavy (non-hydrogen) atoms. The van der Waals surface area contributed by atoms with Crippen LogP contribution in [-0.2, 0) is 6.42 Å². The fourth-order valence-electron chi connectivity index (χ4n) is 1.69. The van der Waals surface area contributed by atoms with Crippen LogP contribution in [0.5, 0.6) is 0 Å². The van der Waals surface area contributed by atoms with E-state index in [1.807, 2.05) is 38.1 Å². The number of hydrogen-bond donors (Lipinski definition) is 2. The highest BCUT2D eigenvalue weighted by atomic mass is 35.5. The van der Waals surface area contributed by atoms with E-state index in [1.165, 1.54) is 0 Å². The number of nitrogens with two attached hydrogens (primary N) is 1. The lowest BCUT2D eigenvalue weighted by Crippen LogP contribution is -2.12. The first kappa shape index (κ1) is 13.5. The topological polar surface area (TPSA) is 76.7 Å². The molecule has 1 unspecified atom stereocenters. The smallest absolute Gasteiger partial charge is 0.228 e. The number of aryl methyl sites for hydroxylation is 1. The molecule has 1 aromatic carbocycles. The summed E-state index contributed by atoms with van der Waals surface area (Å²) in [5.74, 6) is 1.41. The van der Waals surface area contributed by atoms with Gasteiger partial charge in [0.1, 0.15) is 5.82 Å². The van der Waals surface area contributed by atoms with Crippen molar-refractivity contribution in [2.75, 3.05) is 11.1 Å². The summed E-state index contributed by atoms with van der Waals surface area (Å²) < 4.78 is 0. The monoisotopic (exact) mass is 277 g/mol. The highest BCUT2D eigenvalue weighted by Crippen LogP contribution is 2.19. The molecule has 2 rings (SSSR count). The minimum Gasteiger partial charge on any atom is -0.368 e. The molecule has 100 valence electrons. The van der Waals surface area contributed by atoms with Gasteiger partial charge >= 0.3 is 0 Å². The molecule has 2 aromatic rings. The van der Waals surface area contributed by atoms with Gasteiger partial charge in [0.15, 0.2) is 0 Å². The Morgan fingerprint density at radius 2 is 1.89 bits per heavy atom. The number of anilines is 2. The zero-order valence-corrected chi connectivity index (χ0v) is 11.6. The number of aromatic nitrogens is 3. The third-order valence-corrected chi connectivity index (χ3v) is 2.98. The van der Waals surface area contributed by atoms with Crippen LogP contribution >= 0.6 is 11.6 Å². The van der Waals surface area contributed by atoms with Crippen LogP contribution in [0, 0.1) is 0 Å². The average Bonchev–Trinajstić information content (AvgIpc) is 2.38. The molecule has 0 bridgehead atoms.